The van der Waals surface area contributed by atoms with Crippen molar-refractivity contribution in [2.45, 2.75) is 26.3 Å². The van der Waals surface area contributed by atoms with Crippen LogP contribution in [0.25, 0.3) is 0 Å². The summed E-state index contributed by atoms with van der Waals surface area (Å²) in [7, 11) is 0. The van der Waals surface area contributed by atoms with Gasteiger partial charge in [0.15, 0.2) is 5.78 Å². The van der Waals surface area contributed by atoms with Gasteiger partial charge in [-0.05, 0) is 11.6 Å². The summed E-state index contributed by atoms with van der Waals surface area (Å²) in [5.74, 6) is 0.188. The number of benzene rings is 1. The third kappa shape index (κ3) is 3.24. The Morgan fingerprint density at radius 1 is 1.20 bits per heavy atom. The van der Waals surface area contributed by atoms with Gasteiger partial charge >= 0.3 is 0 Å². The molecule has 1 heterocycles. The lowest BCUT2D eigenvalue weighted by Gasteiger charge is -2.19. The van der Waals surface area contributed by atoms with Crippen LogP contribution in [0.5, 0.6) is 0 Å². The highest BCUT2D eigenvalue weighted by atomic mass is 16.1. The van der Waals surface area contributed by atoms with Crippen LogP contribution in [0.4, 0.5) is 0 Å². The van der Waals surface area contributed by atoms with E-state index in [1.54, 1.807) is 12.3 Å². The van der Waals surface area contributed by atoms with E-state index in [-0.39, 0.29) is 11.8 Å². The number of ketones is 1. The molecule has 80 valence electrons. The Morgan fingerprint density at radius 3 is 2.47 bits per heavy atom. The standard InChI is InChI=1S/C11H11NO.C2H6/c13-10-6-7-12-11(8-10)9-4-2-1-3-5-9;1-2/h1-7,11-12H,8H2;1-2H3. The molecule has 1 aromatic carbocycles. The number of rotatable bonds is 1. The maximum atomic E-state index is 11.1. The van der Waals surface area contributed by atoms with Crippen molar-refractivity contribution < 1.29 is 4.79 Å². The molecule has 0 amide bonds. The van der Waals surface area contributed by atoms with Gasteiger partial charge in [-0.15, -0.1) is 0 Å². The molecule has 1 atom stereocenters. The summed E-state index contributed by atoms with van der Waals surface area (Å²) in [6.07, 6.45) is 3.86. The zero-order valence-corrected chi connectivity index (χ0v) is 9.23. The zero-order chi connectivity index (χ0) is 11.1. The van der Waals surface area contributed by atoms with Crippen LogP contribution < -0.4 is 5.32 Å². The Labute approximate surface area is 91.0 Å². The van der Waals surface area contributed by atoms with Gasteiger partial charge in [0, 0.05) is 12.6 Å². The average molecular weight is 203 g/mol. The molecular formula is C13H17NO. The third-order valence-corrected chi connectivity index (χ3v) is 2.17. The molecule has 0 radical (unpaired) electrons. The van der Waals surface area contributed by atoms with Crippen LogP contribution in [-0.2, 0) is 4.79 Å². The van der Waals surface area contributed by atoms with Crippen molar-refractivity contribution in [3.8, 4) is 0 Å². The molecule has 2 rings (SSSR count). The Bertz CT molecular complexity index is 330. The van der Waals surface area contributed by atoms with Gasteiger partial charge in [0.1, 0.15) is 0 Å². The first-order valence-corrected chi connectivity index (χ1v) is 5.36. The maximum absolute atomic E-state index is 11.1. The second-order valence-corrected chi connectivity index (χ2v) is 3.13. The number of hydrogen-bond acceptors (Lipinski definition) is 2. The van der Waals surface area contributed by atoms with Gasteiger partial charge < -0.3 is 5.32 Å². The van der Waals surface area contributed by atoms with E-state index >= 15 is 0 Å². The lowest BCUT2D eigenvalue weighted by Crippen LogP contribution is -2.22. The Balaban J connectivity index is 0.000000531. The fourth-order valence-electron chi connectivity index (χ4n) is 1.48. The Morgan fingerprint density at radius 2 is 1.87 bits per heavy atom. The van der Waals surface area contributed by atoms with Crippen molar-refractivity contribution in [2.24, 2.45) is 0 Å². The van der Waals surface area contributed by atoms with Gasteiger partial charge in [-0.3, -0.25) is 4.79 Å². The lowest BCUT2D eigenvalue weighted by atomic mass is 10.00. The summed E-state index contributed by atoms with van der Waals surface area (Å²) in [5, 5.41) is 3.16. The fourth-order valence-corrected chi connectivity index (χ4v) is 1.48. The topological polar surface area (TPSA) is 29.1 Å². The molecule has 1 aromatic rings. The smallest absolute Gasteiger partial charge is 0.159 e. The van der Waals surface area contributed by atoms with Crippen molar-refractivity contribution in [1.82, 2.24) is 5.32 Å². The van der Waals surface area contributed by atoms with Crippen molar-refractivity contribution in [1.29, 1.82) is 0 Å². The predicted molar refractivity (Wildman–Crippen MR) is 62.4 cm³/mol. The van der Waals surface area contributed by atoms with Crippen LogP contribution in [0.15, 0.2) is 42.6 Å². The fraction of sp³-hybridized carbons (Fsp3) is 0.308. The van der Waals surface area contributed by atoms with E-state index in [9.17, 15) is 4.79 Å². The maximum Gasteiger partial charge on any atom is 0.159 e. The number of carbonyl (C=O) groups is 1. The number of carbonyl (C=O) groups excluding carboxylic acids is 1. The summed E-state index contributed by atoms with van der Waals surface area (Å²) in [6, 6.07) is 10.2. The lowest BCUT2D eigenvalue weighted by molar-refractivity contribution is -0.115. The third-order valence-electron chi connectivity index (χ3n) is 2.17. The molecule has 1 N–H and O–H groups in total. The van der Waals surface area contributed by atoms with Crippen molar-refractivity contribution in [2.75, 3.05) is 0 Å². The predicted octanol–water partition coefficient (Wildman–Crippen LogP) is 2.83. The van der Waals surface area contributed by atoms with Gasteiger partial charge in [-0.25, -0.2) is 0 Å². The molecule has 1 aliphatic rings. The van der Waals surface area contributed by atoms with E-state index < -0.39 is 0 Å². The van der Waals surface area contributed by atoms with Crippen molar-refractivity contribution in [3.63, 3.8) is 0 Å². The highest BCUT2D eigenvalue weighted by Crippen LogP contribution is 2.19. The minimum atomic E-state index is 0.152. The molecule has 1 aliphatic heterocycles. The van der Waals surface area contributed by atoms with E-state index in [4.69, 9.17) is 0 Å². The monoisotopic (exact) mass is 203 g/mol. The number of nitrogens with one attached hydrogen (secondary N) is 1. The largest absolute Gasteiger partial charge is 0.384 e. The van der Waals surface area contributed by atoms with E-state index in [0.29, 0.717) is 6.42 Å². The molecule has 0 saturated heterocycles. The first-order chi connectivity index (χ1) is 7.36. The van der Waals surface area contributed by atoms with E-state index in [1.807, 2.05) is 44.2 Å². The van der Waals surface area contributed by atoms with Gasteiger partial charge in [0.05, 0.1) is 6.04 Å². The molecule has 0 aliphatic carbocycles. The average Bonchev–Trinajstić information content (AvgIpc) is 2.33. The number of hydrogen-bond donors (Lipinski definition) is 1. The first kappa shape index (κ1) is 11.5. The molecule has 0 spiro atoms. The van der Waals surface area contributed by atoms with Crippen LogP contribution in [0.1, 0.15) is 31.9 Å². The molecule has 0 saturated carbocycles. The van der Waals surface area contributed by atoms with Crippen LogP contribution >= 0.6 is 0 Å². The van der Waals surface area contributed by atoms with Crippen molar-refractivity contribution >= 4 is 5.78 Å². The zero-order valence-electron chi connectivity index (χ0n) is 9.23. The summed E-state index contributed by atoms with van der Waals surface area (Å²) in [5.41, 5.74) is 1.17. The molecule has 0 fully saturated rings. The van der Waals surface area contributed by atoms with Crippen LogP contribution in [0, 0.1) is 0 Å². The molecular weight excluding hydrogens is 186 g/mol. The summed E-state index contributed by atoms with van der Waals surface area (Å²) >= 11 is 0. The van der Waals surface area contributed by atoms with E-state index in [2.05, 4.69) is 5.32 Å². The van der Waals surface area contributed by atoms with Crippen LogP contribution in [0.3, 0.4) is 0 Å². The van der Waals surface area contributed by atoms with Gasteiger partial charge in [-0.1, -0.05) is 44.2 Å². The molecule has 15 heavy (non-hydrogen) atoms. The molecule has 2 heteroatoms. The highest BCUT2D eigenvalue weighted by molar-refractivity contribution is 5.90. The first-order valence-electron chi connectivity index (χ1n) is 5.36. The number of allylic oxidation sites excluding steroid dienone is 1. The van der Waals surface area contributed by atoms with Crippen molar-refractivity contribution in [3.05, 3.63) is 48.2 Å². The Hall–Kier alpha value is -1.57. The van der Waals surface area contributed by atoms with E-state index in [0.717, 1.165) is 0 Å². The van der Waals surface area contributed by atoms with Crippen LogP contribution in [-0.4, -0.2) is 5.78 Å². The molecule has 0 bridgehead atoms. The highest BCUT2D eigenvalue weighted by Gasteiger charge is 2.15. The molecule has 2 nitrogen and oxygen atoms in total. The second kappa shape index (κ2) is 6.02. The minimum Gasteiger partial charge on any atom is -0.384 e. The SMILES string of the molecule is CC.O=C1C=CNC(c2ccccc2)C1. The van der Waals surface area contributed by atoms with Gasteiger partial charge in [0.25, 0.3) is 0 Å². The molecule has 0 aromatic heterocycles. The normalized spacial score (nSPS) is 18.8. The van der Waals surface area contributed by atoms with Gasteiger partial charge in [-0.2, -0.15) is 0 Å². The Kier molecular flexibility index (Phi) is 4.61. The van der Waals surface area contributed by atoms with Crippen LogP contribution in [0.2, 0.25) is 0 Å². The summed E-state index contributed by atoms with van der Waals surface area (Å²) in [6.45, 7) is 4.00. The quantitative estimate of drug-likeness (QED) is 0.760. The second-order valence-electron chi connectivity index (χ2n) is 3.13. The summed E-state index contributed by atoms with van der Waals surface area (Å²) in [4.78, 5) is 11.1. The van der Waals surface area contributed by atoms with Gasteiger partial charge in [0.2, 0.25) is 0 Å². The minimum absolute atomic E-state index is 0.152. The molecule has 1 unspecified atom stereocenters. The van der Waals surface area contributed by atoms with E-state index in [1.165, 1.54) is 5.56 Å². The summed E-state index contributed by atoms with van der Waals surface area (Å²) < 4.78 is 0.